The minimum Gasteiger partial charge on any atom is -0.480 e. The molecule has 0 fully saturated rings. The average Bonchev–Trinajstić information content (AvgIpc) is 2.94. The van der Waals surface area contributed by atoms with E-state index in [9.17, 15) is 14.7 Å². The van der Waals surface area contributed by atoms with E-state index in [-0.39, 0.29) is 0 Å². The quantitative estimate of drug-likeness (QED) is 0.796. The molecular formula is C19H17NO4. The Hall–Kier alpha value is -3.08. The molecule has 1 N–H and O–H groups in total. The molecule has 0 aliphatic rings. The molecule has 0 saturated heterocycles. The van der Waals surface area contributed by atoms with Gasteiger partial charge in [0.1, 0.15) is 5.54 Å². The van der Waals surface area contributed by atoms with Gasteiger partial charge in [-0.05, 0) is 13.8 Å². The van der Waals surface area contributed by atoms with E-state index in [2.05, 4.69) is 0 Å². The third-order valence-electron chi connectivity index (χ3n) is 3.98. The number of benzene rings is 2. The number of oxazole rings is 1. The van der Waals surface area contributed by atoms with Crippen LogP contribution in [0.1, 0.15) is 13.8 Å². The zero-order valence-corrected chi connectivity index (χ0v) is 13.4. The number of nitrogens with zero attached hydrogens (tertiary/aromatic N) is 1. The number of rotatable bonds is 4. The molecule has 1 heterocycles. The predicted molar refractivity (Wildman–Crippen MR) is 90.8 cm³/mol. The van der Waals surface area contributed by atoms with Crippen molar-refractivity contribution >= 4 is 5.97 Å². The van der Waals surface area contributed by atoms with Gasteiger partial charge in [0.05, 0.1) is 5.69 Å². The number of carboxylic acid groups (broad SMARTS) is 1. The van der Waals surface area contributed by atoms with Gasteiger partial charge in [0.25, 0.3) is 0 Å². The smallest absolute Gasteiger partial charge is 0.421 e. The maximum atomic E-state index is 12.5. The summed E-state index contributed by atoms with van der Waals surface area (Å²) in [4.78, 5) is 24.2. The van der Waals surface area contributed by atoms with Crippen LogP contribution in [0.4, 0.5) is 0 Å². The van der Waals surface area contributed by atoms with Crippen molar-refractivity contribution in [1.82, 2.24) is 4.57 Å². The van der Waals surface area contributed by atoms with Gasteiger partial charge >= 0.3 is 11.7 Å². The first-order valence-electron chi connectivity index (χ1n) is 7.53. The Morgan fingerprint density at radius 3 is 1.96 bits per heavy atom. The van der Waals surface area contributed by atoms with Gasteiger partial charge in [0.15, 0.2) is 5.76 Å². The summed E-state index contributed by atoms with van der Waals surface area (Å²) in [6, 6.07) is 18.4. The Balaban J connectivity index is 2.38. The van der Waals surface area contributed by atoms with Crippen LogP contribution in [0.25, 0.3) is 22.6 Å². The molecule has 0 atom stereocenters. The molecule has 0 bridgehead atoms. The van der Waals surface area contributed by atoms with E-state index < -0.39 is 17.3 Å². The number of carbonyl (C=O) groups is 1. The van der Waals surface area contributed by atoms with Crippen LogP contribution in [0.2, 0.25) is 0 Å². The zero-order chi connectivity index (χ0) is 17.3. The molecule has 5 heteroatoms. The summed E-state index contributed by atoms with van der Waals surface area (Å²) in [6.07, 6.45) is 0. The Labute approximate surface area is 138 Å². The lowest BCUT2D eigenvalue weighted by molar-refractivity contribution is -0.145. The topological polar surface area (TPSA) is 72.4 Å². The number of aromatic nitrogens is 1. The molecule has 5 nitrogen and oxygen atoms in total. The van der Waals surface area contributed by atoms with Crippen molar-refractivity contribution in [3.8, 4) is 22.6 Å². The van der Waals surface area contributed by atoms with Crippen molar-refractivity contribution in [2.24, 2.45) is 0 Å². The molecule has 0 radical (unpaired) electrons. The van der Waals surface area contributed by atoms with Crippen LogP contribution in [0.15, 0.2) is 69.9 Å². The van der Waals surface area contributed by atoms with E-state index in [0.717, 1.165) is 5.56 Å². The van der Waals surface area contributed by atoms with Gasteiger partial charge < -0.3 is 9.52 Å². The number of hydrogen-bond acceptors (Lipinski definition) is 3. The second-order valence-corrected chi connectivity index (χ2v) is 5.98. The third kappa shape index (κ3) is 2.54. The van der Waals surface area contributed by atoms with Crippen LogP contribution in [0.5, 0.6) is 0 Å². The van der Waals surface area contributed by atoms with Crippen LogP contribution in [-0.4, -0.2) is 15.6 Å². The van der Waals surface area contributed by atoms with E-state index in [1.165, 1.54) is 18.4 Å². The second-order valence-electron chi connectivity index (χ2n) is 5.98. The molecule has 2 aromatic carbocycles. The lowest BCUT2D eigenvalue weighted by Gasteiger charge is -2.22. The molecule has 0 amide bonds. The van der Waals surface area contributed by atoms with Gasteiger partial charge in [-0.3, -0.25) is 4.57 Å². The van der Waals surface area contributed by atoms with Gasteiger partial charge in [-0.15, -0.1) is 0 Å². The largest absolute Gasteiger partial charge is 0.480 e. The van der Waals surface area contributed by atoms with Gasteiger partial charge in [0, 0.05) is 11.1 Å². The predicted octanol–water partition coefficient (Wildman–Crippen LogP) is 3.60. The van der Waals surface area contributed by atoms with E-state index in [1.807, 2.05) is 60.7 Å². The minimum atomic E-state index is -1.45. The third-order valence-corrected chi connectivity index (χ3v) is 3.98. The summed E-state index contributed by atoms with van der Waals surface area (Å²) in [7, 11) is 0. The van der Waals surface area contributed by atoms with Crippen LogP contribution >= 0.6 is 0 Å². The fraction of sp³-hybridized carbons (Fsp3) is 0.158. The summed E-state index contributed by atoms with van der Waals surface area (Å²) >= 11 is 0. The fourth-order valence-corrected chi connectivity index (χ4v) is 2.62. The lowest BCUT2D eigenvalue weighted by atomic mass is 10.0. The molecular weight excluding hydrogens is 306 g/mol. The van der Waals surface area contributed by atoms with Crippen molar-refractivity contribution in [3.63, 3.8) is 0 Å². The van der Waals surface area contributed by atoms with Crippen LogP contribution < -0.4 is 5.76 Å². The summed E-state index contributed by atoms with van der Waals surface area (Å²) < 4.78 is 6.67. The van der Waals surface area contributed by atoms with Gasteiger partial charge in [-0.1, -0.05) is 60.7 Å². The van der Waals surface area contributed by atoms with Gasteiger partial charge in [-0.25, -0.2) is 9.59 Å². The van der Waals surface area contributed by atoms with Crippen molar-refractivity contribution in [2.75, 3.05) is 0 Å². The highest BCUT2D eigenvalue weighted by Gasteiger charge is 2.36. The molecule has 3 rings (SSSR count). The standard InChI is InChI=1S/C19H17NO4/c1-19(2,17(21)22)20-15(13-9-5-3-6-10-13)16(24-18(20)23)14-11-7-4-8-12-14/h3-12H,1-2H3,(H,21,22). The van der Waals surface area contributed by atoms with E-state index in [0.29, 0.717) is 17.0 Å². The van der Waals surface area contributed by atoms with Crippen LogP contribution in [-0.2, 0) is 10.3 Å². The van der Waals surface area contributed by atoms with Crippen molar-refractivity contribution in [3.05, 3.63) is 71.2 Å². The summed E-state index contributed by atoms with van der Waals surface area (Å²) in [6.45, 7) is 2.96. The lowest BCUT2D eigenvalue weighted by Crippen LogP contribution is -2.41. The Bertz CT molecular complexity index is 921. The molecule has 3 aromatic rings. The monoisotopic (exact) mass is 323 g/mol. The number of aliphatic carboxylic acids is 1. The molecule has 24 heavy (non-hydrogen) atoms. The normalized spacial score (nSPS) is 11.4. The van der Waals surface area contributed by atoms with E-state index in [1.54, 1.807) is 0 Å². The average molecular weight is 323 g/mol. The summed E-state index contributed by atoms with van der Waals surface area (Å²) in [5.41, 5.74) is 0.447. The van der Waals surface area contributed by atoms with E-state index >= 15 is 0 Å². The van der Waals surface area contributed by atoms with E-state index in [4.69, 9.17) is 4.42 Å². The highest BCUT2D eigenvalue weighted by Crippen LogP contribution is 2.34. The first-order chi connectivity index (χ1) is 11.4. The summed E-state index contributed by atoms with van der Waals surface area (Å²) in [5, 5.41) is 9.57. The zero-order valence-electron chi connectivity index (χ0n) is 13.4. The SMILES string of the molecule is CC(C)(C(=O)O)n1c(-c2ccccc2)c(-c2ccccc2)oc1=O. The molecule has 1 aromatic heterocycles. The first kappa shape index (κ1) is 15.8. The van der Waals surface area contributed by atoms with Crippen LogP contribution in [0, 0.1) is 0 Å². The molecule has 0 aliphatic carbocycles. The highest BCUT2D eigenvalue weighted by molar-refractivity contribution is 5.81. The fourth-order valence-electron chi connectivity index (χ4n) is 2.62. The molecule has 0 aliphatic heterocycles. The maximum absolute atomic E-state index is 12.5. The number of hydrogen-bond donors (Lipinski definition) is 1. The minimum absolute atomic E-state index is 0.362. The van der Waals surface area contributed by atoms with Gasteiger partial charge in [0.2, 0.25) is 0 Å². The maximum Gasteiger partial charge on any atom is 0.421 e. The highest BCUT2D eigenvalue weighted by atomic mass is 16.4. The Kier molecular flexibility index (Phi) is 3.85. The van der Waals surface area contributed by atoms with Crippen LogP contribution in [0.3, 0.4) is 0 Å². The molecule has 0 spiro atoms. The summed E-state index contributed by atoms with van der Waals surface area (Å²) in [5.74, 6) is -1.44. The Morgan fingerprint density at radius 1 is 0.958 bits per heavy atom. The van der Waals surface area contributed by atoms with Crippen molar-refractivity contribution in [2.45, 2.75) is 19.4 Å². The molecule has 0 unspecified atom stereocenters. The first-order valence-corrected chi connectivity index (χ1v) is 7.53. The molecule has 0 saturated carbocycles. The Morgan fingerprint density at radius 2 is 1.46 bits per heavy atom. The van der Waals surface area contributed by atoms with Crippen molar-refractivity contribution in [1.29, 1.82) is 0 Å². The molecule has 122 valence electrons. The number of carboxylic acids is 1. The van der Waals surface area contributed by atoms with Gasteiger partial charge in [-0.2, -0.15) is 0 Å². The second kappa shape index (κ2) is 5.85. The van der Waals surface area contributed by atoms with Crippen molar-refractivity contribution < 1.29 is 14.3 Å².